The van der Waals surface area contributed by atoms with Crippen LogP contribution in [0.5, 0.6) is 0 Å². The first-order chi connectivity index (χ1) is 3.55. The molecular weight excluding hydrogens is 198 g/mol. The summed E-state index contributed by atoms with van der Waals surface area (Å²) in [4.78, 5) is 9.70. The van der Waals surface area contributed by atoms with E-state index in [1.54, 1.807) is 0 Å². The Morgan fingerprint density at radius 1 is 1.67 bits per heavy atom. The van der Waals surface area contributed by atoms with Crippen molar-refractivity contribution >= 4 is 51.5 Å². The fourth-order valence-corrected chi connectivity index (χ4v) is 0.192. The molecule has 0 aliphatic heterocycles. The predicted molar refractivity (Wildman–Crippen MR) is 28.2 cm³/mol. The van der Waals surface area contributed by atoms with Gasteiger partial charge in [0.05, 0.1) is 5.97 Å². The summed E-state index contributed by atoms with van der Waals surface area (Å²) in [6, 6.07) is -1.38. The van der Waals surface area contributed by atoms with Crippen LogP contribution in [-0.4, -0.2) is 63.6 Å². The maximum Gasteiger partial charge on any atom is 2.00 e. The van der Waals surface area contributed by atoms with Gasteiger partial charge in [-0.15, -0.1) is 6.10 Å². The first-order valence-electron chi connectivity index (χ1n) is 2.18. The molecule has 0 aromatic rings. The van der Waals surface area contributed by atoms with Gasteiger partial charge in [-0.1, -0.05) is 6.92 Å². The van der Waals surface area contributed by atoms with Crippen LogP contribution in [-0.2, 0) is 4.79 Å². The number of hydrogen-bond acceptors (Lipinski definition) is 4. The third kappa shape index (κ3) is 5.32. The molecule has 0 unspecified atom stereocenters. The van der Waals surface area contributed by atoms with E-state index >= 15 is 0 Å². The molecule has 0 radical (unpaired) electrons. The molecule has 0 spiro atoms. The van der Waals surface area contributed by atoms with E-state index < -0.39 is 18.1 Å². The van der Waals surface area contributed by atoms with Crippen molar-refractivity contribution in [2.75, 3.05) is 0 Å². The van der Waals surface area contributed by atoms with Gasteiger partial charge in [-0.05, 0) is 0 Å². The summed E-state index contributed by atoms with van der Waals surface area (Å²) in [7, 11) is 0. The van der Waals surface area contributed by atoms with Crippen LogP contribution in [0, 0.1) is 0 Å². The quantitative estimate of drug-likeness (QED) is 0.472. The van der Waals surface area contributed by atoms with Crippen LogP contribution >= 0.6 is 0 Å². The number of nitrogens with two attached hydrogens (primary N) is 1. The zero-order valence-electron chi connectivity index (χ0n) is 5.16. The molecule has 0 rings (SSSR count). The van der Waals surface area contributed by atoms with Crippen LogP contribution < -0.4 is 15.9 Å². The molecule has 0 saturated carbocycles. The van der Waals surface area contributed by atoms with Gasteiger partial charge in [0, 0.05) is 6.04 Å². The molecule has 0 bridgehead atoms. The molecule has 0 aliphatic carbocycles. The molecule has 0 heterocycles. The third-order valence-electron chi connectivity index (χ3n) is 0.778. The first kappa shape index (κ1) is 12.5. The van der Waals surface area contributed by atoms with Gasteiger partial charge in [0.1, 0.15) is 0 Å². The second-order valence-electron chi connectivity index (χ2n) is 1.55. The van der Waals surface area contributed by atoms with Crippen LogP contribution in [0.25, 0.3) is 0 Å². The average Bonchev–Trinajstić information content (AvgIpc) is 1.64. The van der Waals surface area contributed by atoms with E-state index in [9.17, 15) is 15.0 Å². The minimum Gasteiger partial charge on any atom is -0.851 e. The van der Waals surface area contributed by atoms with Gasteiger partial charge in [-0.2, -0.15) is 0 Å². The monoisotopic (exact) mass is 205 g/mol. The smallest absolute Gasteiger partial charge is 0.851 e. The van der Waals surface area contributed by atoms with Crippen molar-refractivity contribution in [2.24, 2.45) is 5.73 Å². The van der Waals surface area contributed by atoms with Crippen LogP contribution in [0.4, 0.5) is 0 Å². The Kier molecular flexibility index (Phi) is 7.86. The van der Waals surface area contributed by atoms with Crippen LogP contribution in [0.2, 0.25) is 0 Å². The van der Waals surface area contributed by atoms with Crippen LogP contribution in [0.15, 0.2) is 0 Å². The van der Waals surface area contributed by atoms with E-state index in [0.717, 1.165) is 0 Å². The molecule has 2 atom stereocenters. The Morgan fingerprint density at radius 2 is 2.00 bits per heavy atom. The standard InChI is InChI=1S/C4H8NO3.Sr/c1-2(6)3(5)4(7)8;/h2-3H,5H2,1H3,(H,7,8);/q-1;+2/p-1/t2-,3+;/m1./s1. The number of hydrogen-bond donors (Lipinski definition) is 1. The van der Waals surface area contributed by atoms with Gasteiger partial charge >= 0.3 is 45.5 Å². The number of aliphatic carboxylic acids is 1. The van der Waals surface area contributed by atoms with Crippen molar-refractivity contribution in [2.45, 2.75) is 19.1 Å². The summed E-state index contributed by atoms with van der Waals surface area (Å²) < 4.78 is 0. The normalized spacial score (nSPS) is 15.4. The minimum absolute atomic E-state index is 0. The molecule has 0 amide bonds. The van der Waals surface area contributed by atoms with Gasteiger partial charge in [-0.25, -0.2) is 0 Å². The van der Waals surface area contributed by atoms with E-state index in [2.05, 4.69) is 0 Å². The Labute approximate surface area is 90.3 Å². The van der Waals surface area contributed by atoms with Crippen molar-refractivity contribution in [1.29, 1.82) is 0 Å². The first-order valence-corrected chi connectivity index (χ1v) is 2.18. The zero-order chi connectivity index (χ0) is 6.73. The molecular formula is C4H7NO3Sr. The Hall–Kier alpha value is 0.871. The molecule has 4 nitrogen and oxygen atoms in total. The second-order valence-corrected chi connectivity index (χ2v) is 1.55. The molecule has 9 heavy (non-hydrogen) atoms. The molecule has 0 aliphatic rings. The topological polar surface area (TPSA) is 89.2 Å². The molecule has 5 heteroatoms. The number of carbonyl (C=O) groups is 1. The molecule has 0 saturated heterocycles. The molecule has 2 N–H and O–H groups in total. The average molecular weight is 205 g/mol. The summed E-state index contributed by atoms with van der Waals surface area (Å²) >= 11 is 0. The Balaban J connectivity index is 0. The molecule has 0 aromatic carbocycles. The molecule has 0 aromatic heterocycles. The number of carboxylic acid groups (broad SMARTS) is 1. The third-order valence-corrected chi connectivity index (χ3v) is 0.778. The van der Waals surface area contributed by atoms with E-state index in [1.807, 2.05) is 0 Å². The van der Waals surface area contributed by atoms with Crippen molar-refractivity contribution in [3.8, 4) is 0 Å². The van der Waals surface area contributed by atoms with Crippen molar-refractivity contribution in [3.63, 3.8) is 0 Å². The summed E-state index contributed by atoms with van der Waals surface area (Å²) in [5.74, 6) is -1.49. The summed E-state index contributed by atoms with van der Waals surface area (Å²) in [5.41, 5.74) is 4.78. The van der Waals surface area contributed by atoms with Crippen LogP contribution in [0.3, 0.4) is 0 Å². The molecule has 0 fully saturated rings. The van der Waals surface area contributed by atoms with Crippen molar-refractivity contribution in [3.05, 3.63) is 0 Å². The van der Waals surface area contributed by atoms with E-state index in [4.69, 9.17) is 5.73 Å². The van der Waals surface area contributed by atoms with Gasteiger partial charge in [-0.3, -0.25) is 0 Å². The predicted octanol–water partition coefficient (Wildman–Crippen LogP) is -3.57. The summed E-state index contributed by atoms with van der Waals surface area (Å²) in [6.45, 7) is 1.18. The summed E-state index contributed by atoms with van der Waals surface area (Å²) in [6.07, 6.45) is -1.29. The summed E-state index contributed by atoms with van der Waals surface area (Å²) in [5, 5.41) is 19.8. The van der Waals surface area contributed by atoms with Crippen molar-refractivity contribution in [1.82, 2.24) is 0 Å². The Bertz CT molecular complexity index is 95.8. The zero-order valence-corrected chi connectivity index (χ0v) is 8.64. The largest absolute Gasteiger partial charge is 2.00 e. The van der Waals surface area contributed by atoms with Gasteiger partial charge < -0.3 is 20.7 Å². The van der Waals surface area contributed by atoms with Gasteiger partial charge in [0.25, 0.3) is 0 Å². The molecule has 48 valence electrons. The van der Waals surface area contributed by atoms with E-state index in [0.29, 0.717) is 0 Å². The second kappa shape index (κ2) is 5.64. The fraction of sp³-hybridized carbons (Fsp3) is 0.750. The van der Waals surface area contributed by atoms with E-state index in [-0.39, 0.29) is 45.5 Å². The van der Waals surface area contributed by atoms with Gasteiger partial charge in [0.15, 0.2) is 0 Å². The van der Waals surface area contributed by atoms with Crippen molar-refractivity contribution < 1.29 is 15.0 Å². The number of carboxylic acids is 1. The fourth-order valence-electron chi connectivity index (χ4n) is 0.192. The number of rotatable bonds is 2. The maximum atomic E-state index is 10.1. The van der Waals surface area contributed by atoms with Crippen LogP contribution in [0.1, 0.15) is 6.92 Å². The van der Waals surface area contributed by atoms with Gasteiger partial charge in [0.2, 0.25) is 0 Å². The van der Waals surface area contributed by atoms with E-state index in [1.165, 1.54) is 6.92 Å². The Morgan fingerprint density at radius 3 is 2.00 bits per heavy atom. The minimum atomic E-state index is -1.49. The maximum absolute atomic E-state index is 10.1. The number of carbonyl (C=O) groups excluding carboxylic acids is 1. The SMILES string of the molecule is C[C@@H]([O-])[C@H](N)C(=O)[O-].[Sr+2].